The summed E-state index contributed by atoms with van der Waals surface area (Å²) in [7, 11) is 0. The van der Waals surface area contributed by atoms with Gasteiger partial charge in [0, 0.05) is 5.69 Å². The molecule has 0 atom stereocenters. The van der Waals surface area contributed by atoms with Gasteiger partial charge in [-0.05, 0) is 36.5 Å². The van der Waals surface area contributed by atoms with Crippen LogP contribution in [0.4, 0.5) is 5.69 Å². The van der Waals surface area contributed by atoms with Crippen LogP contribution >= 0.6 is 0 Å². The summed E-state index contributed by atoms with van der Waals surface area (Å²) in [6.45, 7) is 0. The van der Waals surface area contributed by atoms with E-state index >= 15 is 0 Å². The lowest BCUT2D eigenvalue weighted by molar-refractivity contribution is -0.105. The summed E-state index contributed by atoms with van der Waals surface area (Å²) in [5.74, 6) is 0. The van der Waals surface area contributed by atoms with Crippen LogP contribution in [0.2, 0.25) is 0 Å². The van der Waals surface area contributed by atoms with Gasteiger partial charge in [-0.3, -0.25) is 4.79 Å². The number of rotatable bonds is 2. The van der Waals surface area contributed by atoms with Crippen molar-refractivity contribution in [1.82, 2.24) is 0 Å². The molecular formula is C10H11NO. The molecule has 1 aromatic rings. The lowest BCUT2D eigenvalue weighted by Gasteiger charge is -2.05. The van der Waals surface area contributed by atoms with Gasteiger partial charge in [-0.2, -0.15) is 0 Å². The number of fused-ring (bicyclic) bond motifs is 1. The lowest BCUT2D eigenvalue weighted by atomic mass is 10.1. The molecule has 0 aromatic heterocycles. The SMILES string of the molecule is O=CNc1cccc2c1CCC2. The molecule has 2 heteroatoms. The molecule has 2 rings (SSSR count). The van der Waals surface area contributed by atoms with E-state index in [1.165, 1.54) is 17.5 Å². The summed E-state index contributed by atoms with van der Waals surface area (Å²) in [5.41, 5.74) is 3.70. The highest BCUT2D eigenvalue weighted by molar-refractivity contribution is 5.74. The van der Waals surface area contributed by atoms with E-state index in [0.29, 0.717) is 0 Å². The van der Waals surface area contributed by atoms with Gasteiger partial charge in [-0.15, -0.1) is 0 Å². The first-order valence-electron chi connectivity index (χ1n) is 4.23. The van der Waals surface area contributed by atoms with E-state index in [2.05, 4.69) is 11.4 Å². The summed E-state index contributed by atoms with van der Waals surface area (Å²) < 4.78 is 0. The Hall–Kier alpha value is -1.31. The van der Waals surface area contributed by atoms with Crippen LogP contribution in [0.3, 0.4) is 0 Å². The van der Waals surface area contributed by atoms with Crippen LogP contribution in [0.1, 0.15) is 17.5 Å². The minimum Gasteiger partial charge on any atom is -0.328 e. The zero-order valence-electron chi connectivity index (χ0n) is 6.84. The van der Waals surface area contributed by atoms with Crippen molar-refractivity contribution in [2.45, 2.75) is 19.3 Å². The summed E-state index contributed by atoms with van der Waals surface area (Å²) in [5, 5.41) is 2.73. The topological polar surface area (TPSA) is 29.1 Å². The number of carbonyl (C=O) groups is 1. The molecule has 0 aliphatic heterocycles. The molecule has 1 aliphatic rings. The smallest absolute Gasteiger partial charge is 0.211 e. The number of benzene rings is 1. The number of amides is 1. The van der Waals surface area contributed by atoms with Crippen molar-refractivity contribution in [1.29, 1.82) is 0 Å². The Morgan fingerprint density at radius 1 is 1.33 bits per heavy atom. The molecule has 1 N–H and O–H groups in total. The highest BCUT2D eigenvalue weighted by Crippen LogP contribution is 2.28. The summed E-state index contributed by atoms with van der Waals surface area (Å²) in [6.07, 6.45) is 4.22. The number of hydrogen-bond donors (Lipinski definition) is 1. The van der Waals surface area contributed by atoms with Crippen LogP contribution in [-0.4, -0.2) is 6.41 Å². The van der Waals surface area contributed by atoms with E-state index in [9.17, 15) is 4.79 Å². The Morgan fingerprint density at radius 2 is 2.25 bits per heavy atom. The Bertz CT molecular complexity index is 307. The lowest BCUT2D eigenvalue weighted by Crippen LogP contribution is -1.97. The van der Waals surface area contributed by atoms with Crippen molar-refractivity contribution in [2.75, 3.05) is 5.32 Å². The van der Waals surface area contributed by atoms with Crippen LogP contribution in [0.25, 0.3) is 0 Å². The van der Waals surface area contributed by atoms with E-state index in [1.807, 2.05) is 12.1 Å². The van der Waals surface area contributed by atoms with E-state index in [4.69, 9.17) is 0 Å². The molecule has 0 radical (unpaired) electrons. The molecule has 12 heavy (non-hydrogen) atoms. The standard InChI is InChI=1S/C10H11NO/c12-7-11-10-6-2-4-8-3-1-5-9(8)10/h2,4,6-7H,1,3,5H2,(H,11,12). The van der Waals surface area contributed by atoms with Crippen LogP contribution < -0.4 is 5.32 Å². The zero-order valence-corrected chi connectivity index (χ0v) is 6.84. The van der Waals surface area contributed by atoms with Gasteiger partial charge in [0.2, 0.25) is 6.41 Å². The monoisotopic (exact) mass is 161 g/mol. The predicted molar refractivity (Wildman–Crippen MR) is 48.2 cm³/mol. The van der Waals surface area contributed by atoms with E-state index in [-0.39, 0.29) is 0 Å². The Morgan fingerprint density at radius 3 is 3.08 bits per heavy atom. The fourth-order valence-corrected chi connectivity index (χ4v) is 1.82. The first kappa shape index (κ1) is 7.35. The third kappa shape index (κ3) is 1.09. The fourth-order valence-electron chi connectivity index (χ4n) is 1.82. The minimum absolute atomic E-state index is 0.744. The molecule has 0 heterocycles. The molecule has 1 aromatic carbocycles. The summed E-state index contributed by atoms with van der Waals surface area (Å²) in [4.78, 5) is 10.3. The van der Waals surface area contributed by atoms with Gasteiger partial charge in [0.25, 0.3) is 0 Å². The molecule has 1 aliphatic carbocycles. The van der Waals surface area contributed by atoms with Gasteiger partial charge in [0.1, 0.15) is 0 Å². The molecule has 0 spiro atoms. The molecule has 0 unspecified atom stereocenters. The Kier molecular flexibility index (Phi) is 1.82. The highest BCUT2D eigenvalue weighted by atomic mass is 16.1. The van der Waals surface area contributed by atoms with Crippen molar-refractivity contribution in [3.05, 3.63) is 29.3 Å². The largest absolute Gasteiger partial charge is 0.328 e. The third-order valence-corrected chi connectivity index (χ3v) is 2.36. The Labute approximate surface area is 71.6 Å². The van der Waals surface area contributed by atoms with E-state index in [1.54, 1.807) is 0 Å². The first-order chi connectivity index (χ1) is 5.92. The summed E-state index contributed by atoms with van der Waals surface area (Å²) in [6, 6.07) is 6.09. The number of hydrogen-bond acceptors (Lipinski definition) is 1. The quantitative estimate of drug-likeness (QED) is 0.658. The molecule has 0 saturated carbocycles. The Balaban J connectivity index is 2.42. The van der Waals surface area contributed by atoms with Gasteiger partial charge in [0.15, 0.2) is 0 Å². The number of nitrogens with one attached hydrogen (secondary N) is 1. The highest BCUT2D eigenvalue weighted by Gasteiger charge is 2.13. The average molecular weight is 161 g/mol. The van der Waals surface area contributed by atoms with Crippen LogP contribution in [0, 0.1) is 0 Å². The maximum atomic E-state index is 10.3. The van der Waals surface area contributed by atoms with E-state index in [0.717, 1.165) is 24.9 Å². The number of anilines is 1. The second-order valence-electron chi connectivity index (χ2n) is 3.06. The average Bonchev–Trinajstić information content (AvgIpc) is 2.53. The van der Waals surface area contributed by atoms with Crippen molar-refractivity contribution in [3.8, 4) is 0 Å². The molecule has 0 bridgehead atoms. The molecule has 1 amide bonds. The normalized spacial score (nSPS) is 14.0. The molecule has 0 fully saturated rings. The number of carbonyl (C=O) groups excluding carboxylic acids is 1. The van der Waals surface area contributed by atoms with Gasteiger partial charge in [-0.25, -0.2) is 0 Å². The van der Waals surface area contributed by atoms with E-state index < -0.39 is 0 Å². The van der Waals surface area contributed by atoms with Gasteiger partial charge >= 0.3 is 0 Å². The van der Waals surface area contributed by atoms with Crippen molar-refractivity contribution >= 4 is 12.1 Å². The van der Waals surface area contributed by atoms with Crippen LogP contribution in [-0.2, 0) is 17.6 Å². The van der Waals surface area contributed by atoms with Crippen molar-refractivity contribution in [3.63, 3.8) is 0 Å². The second-order valence-corrected chi connectivity index (χ2v) is 3.06. The third-order valence-electron chi connectivity index (χ3n) is 2.36. The number of aryl methyl sites for hydroxylation is 1. The fraction of sp³-hybridized carbons (Fsp3) is 0.300. The van der Waals surface area contributed by atoms with Crippen LogP contribution in [0.15, 0.2) is 18.2 Å². The van der Waals surface area contributed by atoms with Gasteiger partial charge in [-0.1, -0.05) is 12.1 Å². The zero-order chi connectivity index (χ0) is 8.39. The molecule has 62 valence electrons. The van der Waals surface area contributed by atoms with Gasteiger partial charge in [0.05, 0.1) is 0 Å². The maximum absolute atomic E-state index is 10.3. The maximum Gasteiger partial charge on any atom is 0.211 e. The molecule has 2 nitrogen and oxygen atoms in total. The predicted octanol–water partition coefficient (Wildman–Crippen LogP) is 1.74. The van der Waals surface area contributed by atoms with Crippen molar-refractivity contribution < 1.29 is 4.79 Å². The molecule has 0 saturated heterocycles. The van der Waals surface area contributed by atoms with Gasteiger partial charge < -0.3 is 5.32 Å². The van der Waals surface area contributed by atoms with Crippen molar-refractivity contribution in [2.24, 2.45) is 0 Å². The first-order valence-corrected chi connectivity index (χ1v) is 4.23. The summed E-state index contributed by atoms with van der Waals surface area (Å²) >= 11 is 0. The minimum atomic E-state index is 0.744. The van der Waals surface area contributed by atoms with Crippen LogP contribution in [0.5, 0.6) is 0 Å². The second kappa shape index (κ2) is 2.97. The molecular weight excluding hydrogens is 150 g/mol.